The van der Waals surface area contributed by atoms with Crippen molar-refractivity contribution >= 4 is 0 Å². The fourth-order valence-corrected chi connectivity index (χ4v) is 2.39. The van der Waals surface area contributed by atoms with E-state index in [4.69, 9.17) is 9.47 Å². The molecule has 3 heteroatoms. The van der Waals surface area contributed by atoms with E-state index in [0.717, 1.165) is 25.1 Å². The average molecular weight is 279 g/mol. The summed E-state index contributed by atoms with van der Waals surface area (Å²) in [5, 5.41) is 3.62. The maximum Gasteiger partial charge on any atom is 0.119 e. The van der Waals surface area contributed by atoms with E-state index in [2.05, 4.69) is 38.2 Å². The zero-order valence-electron chi connectivity index (χ0n) is 13.5. The molecule has 1 aromatic carbocycles. The summed E-state index contributed by atoms with van der Waals surface area (Å²) in [6.07, 6.45) is 2.05. The molecule has 2 atom stereocenters. The second-order valence-electron chi connectivity index (χ2n) is 5.26. The number of ether oxygens (including phenoxy) is 2. The number of methoxy groups -OCH3 is 1. The number of nitrogens with one attached hydrogen (secondary N) is 1. The predicted molar refractivity (Wildman–Crippen MR) is 84.4 cm³/mol. The van der Waals surface area contributed by atoms with E-state index in [-0.39, 0.29) is 11.6 Å². The fraction of sp³-hybridized carbons (Fsp3) is 0.647. The first kappa shape index (κ1) is 17.0. The maximum absolute atomic E-state index is 5.80. The molecule has 0 saturated carbocycles. The molecule has 0 aromatic heterocycles. The van der Waals surface area contributed by atoms with Crippen molar-refractivity contribution in [2.75, 3.05) is 20.3 Å². The molecular formula is C17H29NO2. The summed E-state index contributed by atoms with van der Waals surface area (Å²) in [5.41, 5.74) is 0.996. The number of hydrogen-bond acceptors (Lipinski definition) is 3. The van der Waals surface area contributed by atoms with E-state index in [9.17, 15) is 0 Å². The first-order valence-corrected chi connectivity index (χ1v) is 7.62. The van der Waals surface area contributed by atoms with Gasteiger partial charge < -0.3 is 14.8 Å². The highest BCUT2D eigenvalue weighted by molar-refractivity contribution is 5.32. The highest BCUT2D eigenvalue weighted by Crippen LogP contribution is 2.33. The molecule has 20 heavy (non-hydrogen) atoms. The van der Waals surface area contributed by atoms with Crippen molar-refractivity contribution in [1.82, 2.24) is 5.32 Å². The lowest BCUT2D eigenvalue weighted by Gasteiger charge is -2.37. The highest BCUT2D eigenvalue weighted by atomic mass is 16.5. The van der Waals surface area contributed by atoms with Gasteiger partial charge in [0.2, 0.25) is 0 Å². The van der Waals surface area contributed by atoms with Crippen LogP contribution in [-0.4, -0.2) is 25.9 Å². The van der Waals surface area contributed by atoms with Crippen LogP contribution in [0, 0.1) is 0 Å². The zero-order chi connectivity index (χ0) is 15.0. The lowest BCUT2D eigenvalue weighted by atomic mass is 9.87. The zero-order valence-corrected chi connectivity index (χ0v) is 13.5. The molecule has 0 aliphatic carbocycles. The smallest absolute Gasteiger partial charge is 0.119 e. The minimum absolute atomic E-state index is 0.165. The molecule has 0 fully saturated rings. The molecule has 114 valence electrons. The summed E-state index contributed by atoms with van der Waals surface area (Å²) in [6, 6.07) is 8.47. The molecule has 0 bridgehead atoms. The van der Waals surface area contributed by atoms with Gasteiger partial charge in [-0.15, -0.1) is 0 Å². The minimum atomic E-state index is -0.222. The third-order valence-electron chi connectivity index (χ3n) is 3.88. The molecule has 1 aromatic rings. The first-order chi connectivity index (χ1) is 9.61. The third-order valence-corrected chi connectivity index (χ3v) is 3.88. The Bertz CT molecular complexity index is 388. The number of benzene rings is 1. The third kappa shape index (κ3) is 4.22. The van der Waals surface area contributed by atoms with Gasteiger partial charge >= 0.3 is 0 Å². The number of rotatable bonds is 9. The Hall–Kier alpha value is -1.06. The monoisotopic (exact) mass is 279 g/mol. The molecule has 0 radical (unpaired) electrons. The van der Waals surface area contributed by atoms with Gasteiger partial charge in [-0.1, -0.05) is 26.0 Å². The topological polar surface area (TPSA) is 30.5 Å². The normalized spacial score (nSPS) is 15.7. The van der Waals surface area contributed by atoms with E-state index < -0.39 is 0 Å². The molecule has 2 unspecified atom stereocenters. The molecular weight excluding hydrogens is 250 g/mol. The Morgan fingerprint density at radius 2 is 2.00 bits per heavy atom. The van der Waals surface area contributed by atoms with Gasteiger partial charge in [-0.3, -0.25) is 0 Å². The quantitative estimate of drug-likeness (QED) is 0.742. The lowest BCUT2D eigenvalue weighted by molar-refractivity contribution is -0.0299. The largest absolute Gasteiger partial charge is 0.494 e. The number of hydrogen-bond donors (Lipinski definition) is 1. The van der Waals surface area contributed by atoms with Crippen LogP contribution in [0.4, 0.5) is 0 Å². The average Bonchev–Trinajstić information content (AvgIpc) is 2.48. The second kappa shape index (κ2) is 8.28. The Kier molecular flexibility index (Phi) is 7.03. The van der Waals surface area contributed by atoms with E-state index in [0.29, 0.717) is 6.61 Å². The first-order valence-electron chi connectivity index (χ1n) is 7.62. The highest BCUT2D eigenvalue weighted by Gasteiger charge is 2.33. The van der Waals surface area contributed by atoms with Crippen LogP contribution in [0.25, 0.3) is 0 Å². The van der Waals surface area contributed by atoms with Gasteiger partial charge in [-0.05, 0) is 50.9 Å². The molecule has 3 nitrogen and oxygen atoms in total. The van der Waals surface area contributed by atoms with Crippen molar-refractivity contribution < 1.29 is 9.47 Å². The maximum atomic E-state index is 5.80. The van der Waals surface area contributed by atoms with Crippen LogP contribution >= 0.6 is 0 Å². The van der Waals surface area contributed by atoms with Gasteiger partial charge in [0.1, 0.15) is 5.75 Å². The van der Waals surface area contributed by atoms with Crippen LogP contribution in [0.5, 0.6) is 5.75 Å². The summed E-state index contributed by atoms with van der Waals surface area (Å²) < 4.78 is 11.4. The van der Waals surface area contributed by atoms with E-state index >= 15 is 0 Å². The predicted octanol–water partition coefficient (Wildman–Crippen LogP) is 3.94. The standard InChI is InChI=1S/C17H29NO2/c1-6-12-18-16(17(4,7-2)19-5)14-10-9-11-15(13-14)20-8-3/h9-11,13,16,18H,6-8,12H2,1-5H3. The summed E-state index contributed by atoms with van der Waals surface area (Å²) in [5.74, 6) is 0.919. The van der Waals surface area contributed by atoms with E-state index in [1.807, 2.05) is 19.1 Å². The van der Waals surface area contributed by atoms with Gasteiger partial charge in [0.05, 0.1) is 18.2 Å². The molecule has 0 amide bonds. The Morgan fingerprint density at radius 3 is 2.55 bits per heavy atom. The molecule has 0 heterocycles. The summed E-state index contributed by atoms with van der Waals surface area (Å²) in [7, 11) is 1.79. The second-order valence-corrected chi connectivity index (χ2v) is 5.26. The van der Waals surface area contributed by atoms with Gasteiger partial charge in [0.25, 0.3) is 0 Å². The SMILES string of the molecule is CCCNC(c1cccc(OCC)c1)C(C)(CC)OC. The van der Waals surface area contributed by atoms with Crippen LogP contribution in [0.2, 0.25) is 0 Å². The molecule has 0 aliphatic heterocycles. The van der Waals surface area contributed by atoms with Gasteiger partial charge in [-0.2, -0.15) is 0 Å². The Labute approximate surface area is 123 Å². The molecule has 1 rings (SSSR count). The molecule has 0 spiro atoms. The van der Waals surface area contributed by atoms with E-state index in [1.165, 1.54) is 5.56 Å². The van der Waals surface area contributed by atoms with Crippen molar-refractivity contribution in [2.24, 2.45) is 0 Å². The van der Waals surface area contributed by atoms with Crippen molar-refractivity contribution in [2.45, 2.75) is 52.2 Å². The van der Waals surface area contributed by atoms with Crippen LogP contribution < -0.4 is 10.1 Å². The van der Waals surface area contributed by atoms with Gasteiger partial charge in [0.15, 0.2) is 0 Å². The van der Waals surface area contributed by atoms with Crippen molar-refractivity contribution in [1.29, 1.82) is 0 Å². The van der Waals surface area contributed by atoms with Crippen molar-refractivity contribution in [3.8, 4) is 5.75 Å². The summed E-state index contributed by atoms with van der Waals surface area (Å²) in [4.78, 5) is 0. The Morgan fingerprint density at radius 1 is 1.25 bits per heavy atom. The molecule has 0 saturated heterocycles. The van der Waals surface area contributed by atoms with Crippen molar-refractivity contribution in [3.05, 3.63) is 29.8 Å². The molecule has 1 N–H and O–H groups in total. The van der Waals surface area contributed by atoms with Crippen LogP contribution in [-0.2, 0) is 4.74 Å². The van der Waals surface area contributed by atoms with Crippen LogP contribution in [0.3, 0.4) is 0 Å². The minimum Gasteiger partial charge on any atom is -0.494 e. The summed E-state index contributed by atoms with van der Waals surface area (Å²) >= 11 is 0. The van der Waals surface area contributed by atoms with Crippen molar-refractivity contribution in [3.63, 3.8) is 0 Å². The summed E-state index contributed by atoms with van der Waals surface area (Å²) in [6.45, 7) is 10.2. The van der Waals surface area contributed by atoms with Gasteiger partial charge in [0, 0.05) is 7.11 Å². The van der Waals surface area contributed by atoms with Gasteiger partial charge in [-0.25, -0.2) is 0 Å². The molecule has 0 aliphatic rings. The Balaban J connectivity index is 3.06. The van der Waals surface area contributed by atoms with Crippen LogP contribution in [0.1, 0.15) is 52.1 Å². The van der Waals surface area contributed by atoms with Crippen LogP contribution in [0.15, 0.2) is 24.3 Å². The van der Waals surface area contributed by atoms with E-state index in [1.54, 1.807) is 7.11 Å². The fourth-order valence-electron chi connectivity index (χ4n) is 2.39. The lowest BCUT2D eigenvalue weighted by Crippen LogP contribution is -2.43.